The molecule has 4 N–H and O–H groups in total. The number of benzene rings is 3. The van der Waals surface area contributed by atoms with Crippen molar-refractivity contribution in [2.45, 2.75) is 129 Å². The average molecular weight is 806 g/mol. The highest BCUT2D eigenvalue weighted by molar-refractivity contribution is 5.99. The van der Waals surface area contributed by atoms with E-state index in [9.17, 15) is 19.2 Å². The number of hydrogen-bond donors (Lipinski definition) is 4. The zero-order valence-electron chi connectivity index (χ0n) is 36.7. The lowest BCUT2D eigenvalue weighted by Crippen LogP contribution is -2.52. The molecule has 0 aromatic heterocycles. The molecule has 318 valence electrons. The van der Waals surface area contributed by atoms with Crippen LogP contribution in [0.4, 0.5) is 17.1 Å². The molecule has 0 bridgehead atoms. The molecule has 0 spiro atoms. The van der Waals surface area contributed by atoms with Crippen LogP contribution in [-0.2, 0) is 24.6 Å². The molecule has 3 heterocycles. The van der Waals surface area contributed by atoms with E-state index in [4.69, 9.17) is 0 Å². The second kappa shape index (κ2) is 18.7. The van der Waals surface area contributed by atoms with Crippen LogP contribution in [0.5, 0.6) is 0 Å². The maximum Gasteiger partial charge on any atom is 0.247 e. The summed E-state index contributed by atoms with van der Waals surface area (Å²) < 4.78 is 0. The van der Waals surface area contributed by atoms with Crippen LogP contribution in [0.2, 0.25) is 0 Å². The first-order chi connectivity index (χ1) is 28.1. The van der Waals surface area contributed by atoms with Gasteiger partial charge in [0.1, 0.15) is 12.1 Å². The van der Waals surface area contributed by atoms with Crippen molar-refractivity contribution in [2.75, 3.05) is 42.7 Å². The quantitative estimate of drug-likeness (QED) is 0.142. The Bertz CT molecular complexity index is 1810. The van der Waals surface area contributed by atoms with Gasteiger partial charge in [0.05, 0.1) is 24.2 Å². The van der Waals surface area contributed by atoms with Crippen LogP contribution in [0.25, 0.3) is 0 Å². The Labute approximate surface area is 352 Å². The van der Waals surface area contributed by atoms with Crippen molar-refractivity contribution in [1.29, 1.82) is 0 Å². The zero-order chi connectivity index (χ0) is 42.6. The van der Waals surface area contributed by atoms with Crippen LogP contribution in [0, 0.1) is 11.8 Å². The number of hydrogen-bond acceptors (Lipinski definition) is 7. The van der Waals surface area contributed by atoms with Crippen LogP contribution in [0.1, 0.15) is 116 Å². The average Bonchev–Trinajstić information content (AvgIpc) is 3.99. The Hall–Kier alpha value is -4.74. The Morgan fingerprint density at radius 2 is 0.966 bits per heavy atom. The molecule has 3 aliphatic heterocycles. The first-order valence-electron chi connectivity index (χ1n) is 21.8. The summed E-state index contributed by atoms with van der Waals surface area (Å²) >= 11 is 0. The third-order valence-electron chi connectivity index (χ3n) is 12.7. The lowest BCUT2D eigenvalue weighted by molar-refractivity contribution is -0.139. The minimum atomic E-state index is -0.485. The van der Waals surface area contributed by atoms with E-state index in [0.29, 0.717) is 37.3 Å². The largest absolute Gasteiger partial charge is 0.357 e. The third-order valence-corrected chi connectivity index (χ3v) is 12.7. The van der Waals surface area contributed by atoms with Gasteiger partial charge in [-0.25, -0.2) is 0 Å². The molecule has 59 heavy (non-hydrogen) atoms. The summed E-state index contributed by atoms with van der Waals surface area (Å²) in [6.07, 6.45) is 4.79. The molecule has 3 aliphatic rings. The summed E-state index contributed by atoms with van der Waals surface area (Å²) in [5, 5.41) is 12.5. The van der Waals surface area contributed by atoms with Crippen LogP contribution in [0.15, 0.2) is 72.8 Å². The number of carbonyl (C=O) groups excluding carboxylic acids is 4. The number of amides is 4. The first-order valence-corrected chi connectivity index (χ1v) is 21.8. The van der Waals surface area contributed by atoms with E-state index in [1.54, 1.807) is 23.9 Å². The number of rotatable bonds is 13. The van der Waals surface area contributed by atoms with Crippen molar-refractivity contribution < 1.29 is 19.2 Å². The number of likely N-dealkylation sites (N-methyl/N-ethyl adjacent to an activating group) is 2. The molecule has 11 nitrogen and oxygen atoms in total. The number of carbonyl (C=O) groups is 4. The van der Waals surface area contributed by atoms with Crippen molar-refractivity contribution in [1.82, 2.24) is 20.4 Å². The van der Waals surface area contributed by atoms with Crippen molar-refractivity contribution >= 4 is 40.7 Å². The third kappa shape index (κ3) is 9.68. The van der Waals surface area contributed by atoms with Crippen molar-refractivity contribution in [3.8, 4) is 0 Å². The second-order valence-corrected chi connectivity index (χ2v) is 18.4. The number of likely N-dealkylation sites (tertiary alicyclic amines) is 2. The predicted molar refractivity (Wildman–Crippen MR) is 237 cm³/mol. The lowest BCUT2D eigenvalue weighted by Gasteiger charge is -2.34. The van der Waals surface area contributed by atoms with Crippen molar-refractivity contribution in [2.24, 2.45) is 11.8 Å². The number of nitrogens with one attached hydrogen (secondary N) is 4. The molecule has 3 aromatic rings. The van der Waals surface area contributed by atoms with Crippen LogP contribution in [-0.4, -0.2) is 84.8 Å². The van der Waals surface area contributed by atoms with Gasteiger partial charge in [-0.3, -0.25) is 19.2 Å². The van der Waals surface area contributed by atoms with E-state index in [2.05, 4.69) is 95.5 Å². The standard InChI is InChI=1S/C48H67N7O4/c1-30(2)42(49-8)46(58)53-28-10-12-40(53)44(56)51-35-20-14-32(15-21-35)38-26-27-39(55(38)37-24-18-34(19-25-37)48(5,6)7)33-16-22-36(23-17-33)52-45(57)41-13-11-29-54(41)47(59)43(50-9)31(3)4/h14-25,30-31,38-43,49-50H,10-13,26-29H2,1-9H3,(H,51,56)(H,52,57)/t38-,39-,40-,41-,42-,43-/m0/s1. The van der Waals surface area contributed by atoms with E-state index in [0.717, 1.165) is 42.5 Å². The van der Waals surface area contributed by atoms with Crippen molar-refractivity contribution in [3.63, 3.8) is 0 Å². The Morgan fingerprint density at radius 1 is 0.576 bits per heavy atom. The van der Waals surface area contributed by atoms with E-state index in [-0.39, 0.29) is 65.0 Å². The molecule has 3 aromatic carbocycles. The van der Waals surface area contributed by atoms with E-state index in [1.165, 1.54) is 5.56 Å². The van der Waals surface area contributed by atoms with Gasteiger partial charge in [-0.15, -0.1) is 0 Å². The minimum absolute atomic E-state index is 0.0185. The van der Waals surface area contributed by atoms with Gasteiger partial charge in [0.15, 0.2) is 0 Å². The van der Waals surface area contributed by atoms with E-state index < -0.39 is 12.1 Å². The highest BCUT2D eigenvalue weighted by Gasteiger charge is 2.40. The van der Waals surface area contributed by atoms with E-state index >= 15 is 0 Å². The summed E-state index contributed by atoms with van der Waals surface area (Å²) in [6.45, 7) is 15.9. The summed E-state index contributed by atoms with van der Waals surface area (Å²) in [7, 11) is 3.59. The van der Waals surface area contributed by atoms with Gasteiger partial charge in [0, 0.05) is 30.2 Å². The fourth-order valence-corrected chi connectivity index (χ4v) is 9.43. The number of anilines is 3. The molecule has 3 saturated heterocycles. The van der Waals surface area contributed by atoms with Gasteiger partial charge in [-0.2, -0.15) is 0 Å². The Kier molecular flexibility index (Phi) is 13.9. The highest BCUT2D eigenvalue weighted by Crippen LogP contribution is 2.47. The number of nitrogens with zero attached hydrogens (tertiary/aromatic N) is 3. The monoisotopic (exact) mass is 806 g/mol. The van der Waals surface area contributed by atoms with E-state index in [1.807, 2.05) is 52.0 Å². The maximum atomic E-state index is 13.6. The Morgan fingerprint density at radius 3 is 1.31 bits per heavy atom. The molecule has 0 radical (unpaired) electrons. The SMILES string of the molecule is CN[C@H](C(=O)N1CCC[C@H]1C(=O)Nc1ccc([C@@H]2CC[C@@H](c3ccc(NC(=O)[C@@H]4CCCN4C(=O)[C@@H](NC)C(C)C)cc3)N2c2ccc(C(C)(C)C)cc2)cc1)C(C)C. The summed E-state index contributed by atoms with van der Waals surface area (Å²) in [4.78, 5) is 59.8. The van der Waals surface area contributed by atoms with Crippen molar-refractivity contribution in [3.05, 3.63) is 89.5 Å². The van der Waals surface area contributed by atoms with Gasteiger partial charge >= 0.3 is 0 Å². The molecule has 0 aliphatic carbocycles. The smallest absolute Gasteiger partial charge is 0.247 e. The fourth-order valence-electron chi connectivity index (χ4n) is 9.43. The van der Waals surface area contributed by atoms with Gasteiger partial charge in [-0.05, 0) is 123 Å². The van der Waals surface area contributed by atoms with Gasteiger partial charge in [0.25, 0.3) is 0 Å². The molecule has 6 atom stereocenters. The van der Waals surface area contributed by atoms with Gasteiger partial charge < -0.3 is 36.0 Å². The summed E-state index contributed by atoms with van der Waals surface area (Å²) in [5.74, 6) is -0.0886. The zero-order valence-corrected chi connectivity index (χ0v) is 36.7. The molecule has 3 fully saturated rings. The molecule has 4 amide bonds. The topological polar surface area (TPSA) is 126 Å². The predicted octanol–water partition coefficient (Wildman–Crippen LogP) is 7.41. The summed E-state index contributed by atoms with van der Waals surface area (Å²) in [6, 6.07) is 23.9. The molecule has 0 saturated carbocycles. The minimum Gasteiger partial charge on any atom is -0.357 e. The fraction of sp³-hybridized carbons (Fsp3) is 0.542. The van der Waals surface area contributed by atoms with Gasteiger partial charge in [0.2, 0.25) is 23.6 Å². The lowest BCUT2D eigenvalue weighted by atomic mass is 9.87. The maximum absolute atomic E-state index is 13.6. The molecule has 0 unspecified atom stereocenters. The van der Waals surface area contributed by atoms with Crippen LogP contribution < -0.4 is 26.2 Å². The molecular weight excluding hydrogens is 739 g/mol. The second-order valence-electron chi connectivity index (χ2n) is 18.4. The first kappa shape index (κ1) is 43.8. The normalized spacial score (nSPS) is 21.9. The highest BCUT2D eigenvalue weighted by atomic mass is 16.2. The Balaban J connectivity index is 1.18. The molecule has 6 rings (SSSR count). The summed E-state index contributed by atoms with van der Waals surface area (Å²) in [5.41, 5.74) is 6.19. The van der Waals surface area contributed by atoms with Crippen LogP contribution in [0.3, 0.4) is 0 Å². The molecule has 11 heteroatoms. The van der Waals surface area contributed by atoms with Crippen LogP contribution >= 0.6 is 0 Å². The molecular formula is C48H67N7O4. The van der Waals surface area contributed by atoms with Gasteiger partial charge in [-0.1, -0.05) is 84.9 Å².